The largest absolute Gasteiger partial charge is 0.491 e. The van der Waals surface area contributed by atoms with Gasteiger partial charge in [0.1, 0.15) is 12.4 Å². The van der Waals surface area contributed by atoms with Crippen LogP contribution in [-0.2, 0) is 4.79 Å². The van der Waals surface area contributed by atoms with Crippen LogP contribution in [0, 0.1) is 0 Å². The van der Waals surface area contributed by atoms with Gasteiger partial charge in [-0.3, -0.25) is 4.79 Å². The van der Waals surface area contributed by atoms with E-state index in [9.17, 15) is 4.79 Å². The van der Waals surface area contributed by atoms with E-state index in [1.807, 2.05) is 78.9 Å². The van der Waals surface area contributed by atoms with Crippen molar-refractivity contribution in [1.29, 1.82) is 0 Å². The van der Waals surface area contributed by atoms with E-state index in [2.05, 4.69) is 25.2 Å². The highest BCUT2D eigenvalue weighted by Crippen LogP contribution is 2.26. The van der Waals surface area contributed by atoms with Gasteiger partial charge < -0.3 is 10.1 Å². The summed E-state index contributed by atoms with van der Waals surface area (Å²) in [6.07, 6.45) is 0. The van der Waals surface area contributed by atoms with Crippen molar-refractivity contribution in [2.24, 2.45) is 0 Å². The molecule has 0 aromatic heterocycles. The molecule has 3 nitrogen and oxygen atoms in total. The number of ether oxygens (including phenoxy) is 1. The van der Waals surface area contributed by atoms with Crippen molar-refractivity contribution >= 4 is 5.91 Å². The molecule has 1 amide bonds. The van der Waals surface area contributed by atoms with Gasteiger partial charge in [0.25, 0.3) is 0 Å². The number of carbonyl (C=O) groups is 1. The minimum absolute atomic E-state index is 0.0156. The lowest BCUT2D eigenvalue weighted by molar-refractivity contribution is -0.121. The molecule has 28 heavy (non-hydrogen) atoms. The SMILES string of the molecule is CC(C)c1ccccc1OCCNC(=O)C(c1ccccc1)c1ccccc1. The molecule has 0 bridgehead atoms. The Kier molecular flexibility index (Phi) is 6.85. The van der Waals surface area contributed by atoms with Crippen LogP contribution in [0.5, 0.6) is 5.75 Å². The second kappa shape index (κ2) is 9.75. The van der Waals surface area contributed by atoms with Crippen LogP contribution < -0.4 is 10.1 Å². The molecule has 3 heteroatoms. The Morgan fingerprint density at radius 2 is 1.36 bits per heavy atom. The normalized spacial score (nSPS) is 10.9. The first-order valence-corrected chi connectivity index (χ1v) is 9.76. The maximum Gasteiger partial charge on any atom is 0.232 e. The first kappa shape index (κ1) is 19.7. The van der Waals surface area contributed by atoms with E-state index in [1.54, 1.807) is 0 Å². The van der Waals surface area contributed by atoms with Crippen molar-refractivity contribution in [1.82, 2.24) is 5.32 Å². The fourth-order valence-electron chi connectivity index (χ4n) is 3.31. The Labute approximate surface area is 167 Å². The van der Waals surface area contributed by atoms with Crippen LogP contribution in [0.3, 0.4) is 0 Å². The quantitative estimate of drug-likeness (QED) is 0.556. The molecule has 3 aromatic carbocycles. The molecule has 0 fully saturated rings. The monoisotopic (exact) mass is 373 g/mol. The van der Waals surface area contributed by atoms with E-state index in [0.29, 0.717) is 19.1 Å². The number of para-hydroxylation sites is 1. The fourth-order valence-corrected chi connectivity index (χ4v) is 3.31. The van der Waals surface area contributed by atoms with Crippen LogP contribution in [0.25, 0.3) is 0 Å². The van der Waals surface area contributed by atoms with E-state index >= 15 is 0 Å². The second-order valence-corrected chi connectivity index (χ2v) is 7.09. The van der Waals surface area contributed by atoms with Crippen molar-refractivity contribution in [3.05, 3.63) is 102 Å². The van der Waals surface area contributed by atoms with E-state index in [1.165, 1.54) is 5.56 Å². The van der Waals surface area contributed by atoms with Crippen LogP contribution in [0.15, 0.2) is 84.9 Å². The summed E-state index contributed by atoms with van der Waals surface area (Å²) in [5.74, 6) is 0.934. The summed E-state index contributed by atoms with van der Waals surface area (Å²) < 4.78 is 5.93. The van der Waals surface area contributed by atoms with Crippen LogP contribution >= 0.6 is 0 Å². The standard InChI is InChI=1S/C25H27NO2/c1-19(2)22-15-9-10-16-23(22)28-18-17-26-25(27)24(20-11-5-3-6-12-20)21-13-7-4-8-14-21/h3-16,19,24H,17-18H2,1-2H3,(H,26,27). The summed E-state index contributed by atoms with van der Waals surface area (Å²) in [5, 5.41) is 3.03. The number of amides is 1. The first-order chi connectivity index (χ1) is 13.7. The number of hydrogen-bond acceptors (Lipinski definition) is 2. The third-order valence-corrected chi connectivity index (χ3v) is 4.73. The maximum absolute atomic E-state index is 13.0. The molecule has 0 radical (unpaired) electrons. The summed E-state index contributed by atoms with van der Waals surface area (Å²) in [6, 6.07) is 27.8. The van der Waals surface area contributed by atoms with Gasteiger partial charge in [-0.2, -0.15) is 0 Å². The van der Waals surface area contributed by atoms with Gasteiger partial charge in [0.05, 0.1) is 12.5 Å². The lowest BCUT2D eigenvalue weighted by Crippen LogP contribution is -2.33. The predicted octanol–water partition coefficient (Wildman–Crippen LogP) is 5.14. The summed E-state index contributed by atoms with van der Waals surface area (Å²) in [7, 11) is 0. The number of benzene rings is 3. The molecule has 0 aliphatic carbocycles. The molecule has 0 aliphatic heterocycles. The highest BCUT2D eigenvalue weighted by molar-refractivity contribution is 5.87. The average Bonchev–Trinajstić information content (AvgIpc) is 2.73. The van der Waals surface area contributed by atoms with E-state index in [-0.39, 0.29) is 11.8 Å². The molecule has 144 valence electrons. The Hall–Kier alpha value is -3.07. The van der Waals surface area contributed by atoms with Crippen LogP contribution in [0.4, 0.5) is 0 Å². The second-order valence-electron chi connectivity index (χ2n) is 7.09. The minimum atomic E-state index is -0.328. The molecule has 0 spiro atoms. The summed E-state index contributed by atoms with van der Waals surface area (Å²) in [5.41, 5.74) is 3.15. The van der Waals surface area contributed by atoms with Crippen molar-refractivity contribution in [3.8, 4) is 5.75 Å². The van der Waals surface area contributed by atoms with Gasteiger partial charge >= 0.3 is 0 Å². The number of hydrogen-bond donors (Lipinski definition) is 1. The van der Waals surface area contributed by atoms with Gasteiger partial charge in [-0.1, -0.05) is 92.7 Å². The van der Waals surface area contributed by atoms with Crippen molar-refractivity contribution in [2.45, 2.75) is 25.7 Å². The molecule has 0 atom stereocenters. The topological polar surface area (TPSA) is 38.3 Å². The van der Waals surface area contributed by atoms with Crippen LogP contribution in [0.2, 0.25) is 0 Å². The third-order valence-electron chi connectivity index (χ3n) is 4.73. The van der Waals surface area contributed by atoms with E-state index in [4.69, 9.17) is 4.74 Å². The molecule has 0 saturated heterocycles. The molecule has 0 heterocycles. The third kappa shape index (κ3) is 5.01. The highest BCUT2D eigenvalue weighted by atomic mass is 16.5. The number of rotatable bonds is 8. The molecule has 0 aliphatic rings. The summed E-state index contributed by atoms with van der Waals surface area (Å²) in [4.78, 5) is 13.0. The van der Waals surface area contributed by atoms with E-state index in [0.717, 1.165) is 16.9 Å². The Balaban J connectivity index is 1.64. The first-order valence-electron chi connectivity index (χ1n) is 9.76. The summed E-state index contributed by atoms with van der Waals surface area (Å²) in [6.45, 7) is 5.19. The predicted molar refractivity (Wildman–Crippen MR) is 114 cm³/mol. The molecule has 0 unspecified atom stereocenters. The van der Waals surface area contributed by atoms with Crippen molar-refractivity contribution in [2.75, 3.05) is 13.2 Å². The van der Waals surface area contributed by atoms with Gasteiger partial charge in [0.2, 0.25) is 5.91 Å². The minimum Gasteiger partial charge on any atom is -0.491 e. The zero-order chi connectivity index (χ0) is 19.8. The fraction of sp³-hybridized carbons (Fsp3) is 0.240. The Morgan fingerprint density at radius 3 is 1.93 bits per heavy atom. The van der Waals surface area contributed by atoms with Gasteiger partial charge in [-0.05, 0) is 28.7 Å². The lowest BCUT2D eigenvalue weighted by Gasteiger charge is -2.18. The van der Waals surface area contributed by atoms with Gasteiger partial charge in [0, 0.05) is 0 Å². The molecular formula is C25H27NO2. The molecule has 0 saturated carbocycles. The van der Waals surface area contributed by atoms with Gasteiger partial charge in [0.15, 0.2) is 0 Å². The van der Waals surface area contributed by atoms with Crippen LogP contribution in [0.1, 0.15) is 42.4 Å². The van der Waals surface area contributed by atoms with E-state index < -0.39 is 0 Å². The zero-order valence-corrected chi connectivity index (χ0v) is 16.5. The van der Waals surface area contributed by atoms with Gasteiger partial charge in [-0.15, -0.1) is 0 Å². The molecular weight excluding hydrogens is 346 g/mol. The Bertz CT molecular complexity index is 836. The van der Waals surface area contributed by atoms with Crippen molar-refractivity contribution in [3.63, 3.8) is 0 Å². The van der Waals surface area contributed by atoms with Gasteiger partial charge in [-0.25, -0.2) is 0 Å². The Morgan fingerprint density at radius 1 is 0.821 bits per heavy atom. The highest BCUT2D eigenvalue weighted by Gasteiger charge is 2.22. The van der Waals surface area contributed by atoms with Crippen molar-refractivity contribution < 1.29 is 9.53 Å². The molecule has 3 rings (SSSR count). The zero-order valence-electron chi connectivity index (χ0n) is 16.5. The average molecular weight is 373 g/mol. The smallest absolute Gasteiger partial charge is 0.232 e. The lowest BCUT2D eigenvalue weighted by atomic mass is 9.90. The maximum atomic E-state index is 13.0. The molecule has 3 aromatic rings. The number of carbonyl (C=O) groups excluding carboxylic acids is 1. The summed E-state index contributed by atoms with van der Waals surface area (Å²) >= 11 is 0. The molecule has 1 N–H and O–H groups in total. The van der Waals surface area contributed by atoms with Crippen LogP contribution in [-0.4, -0.2) is 19.1 Å². The number of nitrogens with one attached hydrogen (secondary N) is 1.